The summed E-state index contributed by atoms with van der Waals surface area (Å²) in [5.41, 5.74) is 3.87. The number of aromatic nitrogens is 2. The van der Waals surface area contributed by atoms with E-state index in [4.69, 9.17) is 27.9 Å². The lowest BCUT2D eigenvalue weighted by molar-refractivity contribution is 0.194. The SMILES string of the molecule is COc1cc(N2CCN(C(=O)NCc3ccc(Cl)c(Cl)c3)CC2)ccc1-n1cnc(C)c1. The molecule has 0 radical (unpaired) electrons. The van der Waals surface area contributed by atoms with Gasteiger partial charge in [0.1, 0.15) is 5.75 Å². The Balaban J connectivity index is 1.34. The maximum atomic E-state index is 12.6. The van der Waals surface area contributed by atoms with Gasteiger partial charge >= 0.3 is 6.03 Å². The second-order valence-electron chi connectivity index (χ2n) is 7.66. The summed E-state index contributed by atoms with van der Waals surface area (Å²) in [6.45, 7) is 5.12. The summed E-state index contributed by atoms with van der Waals surface area (Å²) >= 11 is 12.0. The van der Waals surface area contributed by atoms with Crippen molar-refractivity contribution in [2.75, 3.05) is 38.2 Å². The summed E-state index contributed by atoms with van der Waals surface area (Å²) in [5, 5.41) is 3.94. The fraction of sp³-hybridized carbons (Fsp3) is 0.304. The highest BCUT2D eigenvalue weighted by Gasteiger charge is 2.22. The number of ether oxygens (including phenoxy) is 1. The number of hydrogen-bond acceptors (Lipinski definition) is 4. The van der Waals surface area contributed by atoms with E-state index in [1.807, 2.05) is 40.8 Å². The lowest BCUT2D eigenvalue weighted by Crippen LogP contribution is -2.51. The molecule has 1 aliphatic rings. The Labute approximate surface area is 197 Å². The molecule has 1 aliphatic heterocycles. The maximum Gasteiger partial charge on any atom is 0.317 e. The van der Waals surface area contributed by atoms with Crippen LogP contribution in [0, 0.1) is 6.92 Å². The van der Waals surface area contributed by atoms with Crippen molar-refractivity contribution in [1.29, 1.82) is 0 Å². The van der Waals surface area contributed by atoms with Crippen LogP contribution in [0.5, 0.6) is 5.75 Å². The molecule has 1 aromatic heterocycles. The van der Waals surface area contributed by atoms with Crippen molar-refractivity contribution in [3.05, 3.63) is 70.2 Å². The summed E-state index contributed by atoms with van der Waals surface area (Å²) < 4.78 is 7.57. The van der Waals surface area contributed by atoms with Gasteiger partial charge in [0.05, 0.1) is 34.9 Å². The molecule has 1 N–H and O–H groups in total. The quantitative estimate of drug-likeness (QED) is 0.591. The van der Waals surface area contributed by atoms with Crippen LogP contribution in [0.2, 0.25) is 10.0 Å². The number of carbonyl (C=O) groups excluding carboxylic acids is 1. The largest absolute Gasteiger partial charge is 0.494 e. The minimum absolute atomic E-state index is 0.0841. The summed E-state index contributed by atoms with van der Waals surface area (Å²) in [6, 6.07) is 11.4. The van der Waals surface area contributed by atoms with Crippen molar-refractivity contribution in [3.8, 4) is 11.4 Å². The van der Waals surface area contributed by atoms with E-state index in [0.717, 1.165) is 41.5 Å². The molecule has 2 aromatic carbocycles. The lowest BCUT2D eigenvalue weighted by Gasteiger charge is -2.36. The lowest BCUT2D eigenvalue weighted by atomic mass is 10.2. The third-order valence-corrected chi connectivity index (χ3v) is 6.25. The molecule has 0 unspecified atom stereocenters. The molecule has 9 heteroatoms. The Kier molecular flexibility index (Phi) is 6.77. The molecule has 0 bridgehead atoms. The number of nitrogens with one attached hydrogen (secondary N) is 1. The van der Waals surface area contributed by atoms with E-state index >= 15 is 0 Å². The van der Waals surface area contributed by atoms with Crippen molar-refractivity contribution in [1.82, 2.24) is 19.8 Å². The Morgan fingerprint density at radius 3 is 2.53 bits per heavy atom. The van der Waals surface area contributed by atoms with Crippen LogP contribution >= 0.6 is 23.2 Å². The summed E-state index contributed by atoms with van der Waals surface area (Å²) in [6.07, 6.45) is 3.75. The van der Waals surface area contributed by atoms with Gasteiger partial charge in [-0.3, -0.25) is 0 Å². The second-order valence-corrected chi connectivity index (χ2v) is 8.47. The molecular weight excluding hydrogens is 449 g/mol. The summed E-state index contributed by atoms with van der Waals surface area (Å²) in [5.74, 6) is 0.779. The predicted octanol–water partition coefficient (Wildman–Crippen LogP) is 4.53. The van der Waals surface area contributed by atoms with Gasteiger partial charge in [-0.1, -0.05) is 29.3 Å². The Morgan fingerprint density at radius 2 is 1.88 bits per heavy atom. The fourth-order valence-corrected chi connectivity index (χ4v) is 4.06. The number of methoxy groups -OCH3 is 1. The van der Waals surface area contributed by atoms with Crippen molar-refractivity contribution in [3.63, 3.8) is 0 Å². The highest BCUT2D eigenvalue weighted by molar-refractivity contribution is 6.42. The highest BCUT2D eigenvalue weighted by atomic mass is 35.5. The molecule has 0 spiro atoms. The molecule has 168 valence electrons. The van der Waals surface area contributed by atoms with Gasteiger partial charge in [0.2, 0.25) is 0 Å². The number of benzene rings is 2. The van der Waals surface area contributed by atoms with Crippen molar-refractivity contribution < 1.29 is 9.53 Å². The van der Waals surface area contributed by atoms with Gasteiger partial charge < -0.3 is 24.4 Å². The molecule has 32 heavy (non-hydrogen) atoms. The molecule has 7 nitrogen and oxygen atoms in total. The Bertz CT molecular complexity index is 1110. The third-order valence-electron chi connectivity index (χ3n) is 5.51. The number of anilines is 1. The van der Waals surface area contributed by atoms with E-state index in [1.54, 1.807) is 25.6 Å². The first-order valence-corrected chi connectivity index (χ1v) is 11.1. The van der Waals surface area contributed by atoms with Crippen LogP contribution < -0.4 is 15.0 Å². The number of halogens is 2. The normalized spacial score (nSPS) is 13.9. The van der Waals surface area contributed by atoms with Gasteiger partial charge in [-0.05, 0) is 36.8 Å². The van der Waals surface area contributed by atoms with Gasteiger partial charge in [0.15, 0.2) is 0 Å². The first-order valence-electron chi connectivity index (χ1n) is 10.4. The molecule has 1 saturated heterocycles. The van der Waals surface area contributed by atoms with Gasteiger partial charge in [-0.2, -0.15) is 0 Å². The van der Waals surface area contributed by atoms with E-state index < -0.39 is 0 Å². The van der Waals surface area contributed by atoms with Crippen LogP contribution in [0.25, 0.3) is 5.69 Å². The molecule has 0 aliphatic carbocycles. The number of piperazine rings is 1. The molecule has 0 saturated carbocycles. The van der Waals surface area contributed by atoms with Crippen LogP contribution in [0.4, 0.5) is 10.5 Å². The monoisotopic (exact) mass is 473 g/mol. The molecular formula is C23H25Cl2N5O2. The van der Waals surface area contributed by atoms with Gasteiger partial charge in [0.25, 0.3) is 0 Å². The first kappa shape index (κ1) is 22.3. The summed E-state index contributed by atoms with van der Waals surface area (Å²) in [7, 11) is 1.67. The minimum Gasteiger partial charge on any atom is -0.494 e. The van der Waals surface area contributed by atoms with Crippen molar-refractivity contribution >= 4 is 34.9 Å². The number of imidazole rings is 1. The summed E-state index contributed by atoms with van der Waals surface area (Å²) in [4.78, 5) is 21.0. The molecule has 0 atom stereocenters. The van der Waals surface area contributed by atoms with Gasteiger partial charge in [0, 0.05) is 50.7 Å². The van der Waals surface area contributed by atoms with E-state index in [-0.39, 0.29) is 6.03 Å². The topological polar surface area (TPSA) is 62.6 Å². The molecule has 3 aromatic rings. The van der Waals surface area contributed by atoms with Crippen LogP contribution in [-0.2, 0) is 6.54 Å². The zero-order valence-electron chi connectivity index (χ0n) is 18.0. The average Bonchev–Trinajstić information content (AvgIpc) is 3.25. The van der Waals surface area contributed by atoms with Crippen LogP contribution in [0.3, 0.4) is 0 Å². The molecule has 2 amide bonds. The highest BCUT2D eigenvalue weighted by Crippen LogP contribution is 2.29. The van der Waals surface area contributed by atoms with Crippen molar-refractivity contribution in [2.45, 2.75) is 13.5 Å². The van der Waals surface area contributed by atoms with E-state index in [0.29, 0.717) is 29.7 Å². The third kappa shape index (κ3) is 4.95. The predicted molar refractivity (Wildman–Crippen MR) is 127 cm³/mol. The zero-order valence-corrected chi connectivity index (χ0v) is 19.5. The van der Waals surface area contributed by atoms with Crippen LogP contribution in [0.15, 0.2) is 48.9 Å². The Morgan fingerprint density at radius 1 is 1.09 bits per heavy atom. The zero-order chi connectivity index (χ0) is 22.7. The number of aryl methyl sites for hydroxylation is 1. The van der Waals surface area contributed by atoms with Crippen LogP contribution in [0.1, 0.15) is 11.3 Å². The molecule has 1 fully saturated rings. The van der Waals surface area contributed by atoms with E-state index in [2.05, 4.69) is 21.3 Å². The van der Waals surface area contributed by atoms with Gasteiger partial charge in [-0.25, -0.2) is 9.78 Å². The number of amides is 2. The number of carbonyl (C=O) groups is 1. The van der Waals surface area contributed by atoms with Crippen molar-refractivity contribution in [2.24, 2.45) is 0 Å². The average molecular weight is 474 g/mol. The van der Waals surface area contributed by atoms with E-state index in [1.165, 1.54) is 0 Å². The number of nitrogens with zero attached hydrogens (tertiary/aromatic N) is 4. The molecule has 2 heterocycles. The number of hydrogen-bond donors (Lipinski definition) is 1. The van der Waals surface area contributed by atoms with Crippen LogP contribution in [-0.4, -0.2) is 53.8 Å². The number of urea groups is 1. The Hall–Kier alpha value is -2.90. The maximum absolute atomic E-state index is 12.6. The fourth-order valence-electron chi connectivity index (χ4n) is 3.74. The number of rotatable bonds is 5. The van der Waals surface area contributed by atoms with E-state index in [9.17, 15) is 4.79 Å². The standard InChI is InChI=1S/C23H25Cl2N5O2/c1-16-14-30(15-27-16)21-6-4-18(12-22(21)32-2)28-7-9-29(10-8-28)23(31)26-13-17-3-5-19(24)20(25)11-17/h3-6,11-12,14-15H,7-10,13H2,1-2H3,(H,26,31). The minimum atomic E-state index is -0.0841. The smallest absolute Gasteiger partial charge is 0.317 e. The van der Waals surface area contributed by atoms with Gasteiger partial charge in [-0.15, -0.1) is 0 Å². The molecule has 4 rings (SSSR count). The second kappa shape index (κ2) is 9.71. The first-order chi connectivity index (χ1) is 15.4.